The van der Waals surface area contributed by atoms with Crippen LogP contribution in [0.1, 0.15) is 59.8 Å². The molecule has 0 radical (unpaired) electrons. The third kappa shape index (κ3) is 8.58. The zero-order valence-corrected chi connectivity index (χ0v) is 20.6. The molecule has 1 heterocycles. The smallest absolute Gasteiger partial charge is 0.210 e. The fraction of sp³-hybridized carbons (Fsp3) is 0.591. The molecular weight excluding hydrogens is 445 g/mol. The number of anilines is 1. The molecule has 9 heteroatoms. The van der Waals surface area contributed by atoms with Gasteiger partial charge in [-0.25, -0.2) is 13.8 Å². The zero-order valence-electron chi connectivity index (χ0n) is 19.0. The van der Waals surface area contributed by atoms with E-state index in [0.717, 1.165) is 19.4 Å². The van der Waals surface area contributed by atoms with Gasteiger partial charge in [0.1, 0.15) is 21.6 Å². The van der Waals surface area contributed by atoms with Gasteiger partial charge in [0.25, 0.3) is 0 Å². The van der Waals surface area contributed by atoms with Crippen molar-refractivity contribution in [2.45, 2.75) is 70.7 Å². The number of nitrogens with one attached hydrogen (secondary N) is 2. The van der Waals surface area contributed by atoms with Crippen molar-refractivity contribution in [1.29, 1.82) is 0 Å². The van der Waals surface area contributed by atoms with Gasteiger partial charge < -0.3 is 14.9 Å². The van der Waals surface area contributed by atoms with Gasteiger partial charge in [0.15, 0.2) is 5.82 Å². The molecule has 0 amide bonds. The predicted octanol–water partition coefficient (Wildman–Crippen LogP) is 6.85. The summed E-state index contributed by atoms with van der Waals surface area (Å²) >= 11 is 6.88. The van der Waals surface area contributed by atoms with Gasteiger partial charge >= 0.3 is 0 Å². The Balaban J connectivity index is 0.00000233. The van der Waals surface area contributed by atoms with Crippen LogP contribution >= 0.6 is 23.5 Å². The van der Waals surface area contributed by atoms with E-state index >= 15 is 0 Å². The minimum absolute atomic E-state index is 0.133. The first-order valence-corrected chi connectivity index (χ1v) is 12.0. The number of rotatable bonds is 9. The molecule has 1 saturated heterocycles. The molecule has 1 unspecified atom stereocenters. The maximum absolute atomic E-state index is 14.7. The highest BCUT2D eigenvalue weighted by atomic mass is 35.5. The number of halogens is 4. The quantitative estimate of drug-likeness (QED) is 0.134. The maximum Gasteiger partial charge on any atom is 0.210 e. The molecule has 1 aliphatic heterocycles. The SMILES string of the molecule is C/C=C(F)\N=C(/CC)NSc1c(F)cc(N(C)CCCC2CCCN2)c(Cl)c1F.CC. The largest absolute Gasteiger partial charge is 0.373 e. The van der Waals surface area contributed by atoms with Gasteiger partial charge in [0, 0.05) is 32.1 Å². The molecule has 0 aliphatic carbocycles. The van der Waals surface area contributed by atoms with E-state index in [-0.39, 0.29) is 15.8 Å². The van der Waals surface area contributed by atoms with Crippen molar-refractivity contribution in [2.24, 2.45) is 4.99 Å². The van der Waals surface area contributed by atoms with Crippen molar-refractivity contribution >= 4 is 35.1 Å². The average molecular weight is 479 g/mol. The lowest BCUT2D eigenvalue weighted by Gasteiger charge is -2.23. The lowest BCUT2D eigenvalue weighted by atomic mass is 10.1. The molecule has 176 valence electrons. The lowest BCUT2D eigenvalue weighted by Crippen LogP contribution is -2.25. The molecule has 2 N–H and O–H groups in total. The van der Waals surface area contributed by atoms with E-state index in [9.17, 15) is 13.2 Å². The summed E-state index contributed by atoms with van der Waals surface area (Å²) in [7, 11) is 1.77. The summed E-state index contributed by atoms with van der Waals surface area (Å²) in [6.07, 6.45) is 5.87. The van der Waals surface area contributed by atoms with Gasteiger partial charge in [-0.2, -0.15) is 4.39 Å². The van der Waals surface area contributed by atoms with Crippen molar-refractivity contribution in [3.8, 4) is 0 Å². The number of amidine groups is 1. The third-order valence-corrected chi connectivity index (χ3v) is 6.08. The van der Waals surface area contributed by atoms with E-state index in [1.165, 1.54) is 31.9 Å². The Bertz CT molecular complexity index is 753. The van der Waals surface area contributed by atoms with E-state index < -0.39 is 17.6 Å². The van der Waals surface area contributed by atoms with E-state index in [1.807, 2.05) is 13.8 Å². The Morgan fingerprint density at radius 2 is 2.13 bits per heavy atom. The summed E-state index contributed by atoms with van der Waals surface area (Å²) in [5.74, 6) is -1.97. The second-order valence-corrected chi connectivity index (χ2v) is 8.11. The van der Waals surface area contributed by atoms with Crippen LogP contribution in [0.3, 0.4) is 0 Å². The van der Waals surface area contributed by atoms with Crippen LogP contribution in [0.4, 0.5) is 18.9 Å². The van der Waals surface area contributed by atoms with Crippen molar-refractivity contribution in [1.82, 2.24) is 10.0 Å². The van der Waals surface area contributed by atoms with E-state index in [1.54, 1.807) is 18.9 Å². The van der Waals surface area contributed by atoms with Crippen LogP contribution in [0.25, 0.3) is 0 Å². The molecule has 1 fully saturated rings. The molecule has 1 aromatic carbocycles. The monoisotopic (exact) mass is 478 g/mol. The molecule has 31 heavy (non-hydrogen) atoms. The summed E-state index contributed by atoms with van der Waals surface area (Å²) in [5.41, 5.74) is 0.315. The van der Waals surface area contributed by atoms with Gasteiger partial charge in [-0.1, -0.05) is 32.4 Å². The number of benzene rings is 1. The normalized spacial score (nSPS) is 16.7. The van der Waals surface area contributed by atoms with Crippen molar-refractivity contribution in [3.63, 3.8) is 0 Å². The van der Waals surface area contributed by atoms with Crippen molar-refractivity contribution < 1.29 is 13.2 Å². The van der Waals surface area contributed by atoms with E-state index in [4.69, 9.17) is 11.6 Å². The van der Waals surface area contributed by atoms with Gasteiger partial charge in [-0.05, 0) is 57.2 Å². The molecule has 1 atom stereocenters. The minimum atomic E-state index is -0.842. The maximum atomic E-state index is 14.7. The first-order valence-electron chi connectivity index (χ1n) is 10.8. The Labute approximate surface area is 193 Å². The first kappa shape index (κ1) is 27.7. The summed E-state index contributed by atoms with van der Waals surface area (Å²) in [5, 5.41) is 3.31. The van der Waals surface area contributed by atoms with E-state index in [0.29, 0.717) is 36.6 Å². The molecule has 1 aromatic rings. The predicted molar refractivity (Wildman–Crippen MR) is 128 cm³/mol. The fourth-order valence-corrected chi connectivity index (χ4v) is 4.22. The highest BCUT2D eigenvalue weighted by Gasteiger charge is 2.21. The summed E-state index contributed by atoms with van der Waals surface area (Å²) in [6.45, 7) is 8.98. The van der Waals surface area contributed by atoms with Crippen LogP contribution in [0.5, 0.6) is 0 Å². The molecule has 4 nitrogen and oxygen atoms in total. The van der Waals surface area contributed by atoms with Gasteiger partial charge in [0.05, 0.1) is 5.69 Å². The third-order valence-electron chi connectivity index (χ3n) is 4.80. The van der Waals surface area contributed by atoms with Crippen LogP contribution in [0, 0.1) is 11.6 Å². The number of nitrogens with zero attached hydrogens (tertiary/aromatic N) is 2. The van der Waals surface area contributed by atoms with Crippen LogP contribution in [-0.2, 0) is 0 Å². The average Bonchev–Trinajstić information content (AvgIpc) is 3.29. The van der Waals surface area contributed by atoms with Gasteiger partial charge in [-0.15, -0.1) is 0 Å². The van der Waals surface area contributed by atoms with Crippen LogP contribution in [-0.4, -0.2) is 32.0 Å². The zero-order chi connectivity index (χ0) is 23.4. The molecular formula is C22H34ClF3N4S. The van der Waals surface area contributed by atoms with Crippen molar-refractivity contribution in [3.05, 3.63) is 34.8 Å². The molecule has 0 aromatic heterocycles. The molecule has 0 saturated carbocycles. The fourth-order valence-electron chi connectivity index (χ4n) is 3.11. The molecule has 0 bridgehead atoms. The summed E-state index contributed by atoms with van der Waals surface area (Å²) in [6, 6.07) is 1.76. The van der Waals surface area contributed by atoms with Crippen LogP contribution in [0.2, 0.25) is 5.02 Å². The standard InChI is InChI=1S/C20H28ClF3N4S.C2H6/c1-4-16(23)26-17(5-2)27-29-20-14(22)12-15(18(21)19(20)24)28(3)11-7-9-13-8-6-10-25-13;1-2/h4,12-13,25H,5-11H2,1-3H3,(H,26,27);1-2H3/b16-4-;. The van der Waals surface area contributed by atoms with Crippen LogP contribution < -0.4 is 14.9 Å². The summed E-state index contributed by atoms with van der Waals surface area (Å²) < 4.78 is 45.3. The van der Waals surface area contributed by atoms with E-state index in [2.05, 4.69) is 15.0 Å². The van der Waals surface area contributed by atoms with Crippen molar-refractivity contribution in [2.75, 3.05) is 25.0 Å². The number of allylic oxidation sites excluding steroid dienone is 1. The number of hydrogen-bond acceptors (Lipinski definition) is 4. The first-order chi connectivity index (χ1) is 14.9. The second kappa shape index (κ2) is 14.6. The minimum Gasteiger partial charge on any atom is -0.373 e. The highest BCUT2D eigenvalue weighted by Crippen LogP contribution is 2.36. The highest BCUT2D eigenvalue weighted by molar-refractivity contribution is 7.98. The molecule has 0 spiro atoms. The second-order valence-electron chi connectivity index (χ2n) is 6.92. The van der Waals surface area contributed by atoms with Gasteiger partial charge in [-0.3, -0.25) is 0 Å². The lowest BCUT2D eigenvalue weighted by molar-refractivity contribution is 0.531. The Morgan fingerprint density at radius 3 is 2.71 bits per heavy atom. The number of hydrogen-bond donors (Lipinski definition) is 2. The Kier molecular flexibility index (Phi) is 13.1. The Morgan fingerprint density at radius 1 is 1.42 bits per heavy atom. The van der Waals surface area contributed by atoms with Gasteiger partial charge in [0.2, 0.25) is 5.95 Å². The molecule has 1 aliphatic rings. The number of aliphatic imine (C=N–C) groups is 1. The topological polar surface area (TPSA) is 39.7 Å². The summed E-state index contributed by atoms with van der Waals surface area (Å²) in [4.78, 5) is 5.21. The Hall–Kier alpha value is -1.38. The molecule has 2 rings (SSSR count). The van der Waals surface area contributed by atoms with Crippen LogP contribution in [0.15, 0.2) is 28.0 Å².